The maximum Gasteiger partial charge on any atom is 0.341 e. The van der Waals surface area contributed by atoms with Gasteiger partial charge in [-0.05, 0) is 37.6 Å². The summed E-state index contributed by atoms with van der Waals surface area (Å²) in [6.07, 6.45) is 0. The Labute approximate surface area is 203 Å². The molecule has 9 heteroatoms. The molecule has 7 nitrogen and oxygen atoms in total. The molecular formula is C24H30ClN3O4S. The fourth-order valence-corrected chi connectivity index (χ4v) is 4.66. The van der Waals surface area contributed by atoms with Gasteiger partial charge in [-0.3, -0.25) is 9.59 Å². The first-order chi connectivity index (χ1) is 15.5. The maximum absolute atomic E-state index is 12.8. The lowest BCUT2D eigenvalue weighted by molar-refractivity contribution is -0.134. The van der Waals surface area contributed by atoms with Crippen molar-refractivity contribution in [2.24, 2.45) is 5.41 Å². The van der Waals surface area contributed by atoms with Crippen LogP contribution < -0.4 is 10.2 Å². The predicted molar refractivity (Wildman–Crippen MR) is 132 cm³/mol. The SMILES string of the molecule is Cc1sc(NC(=O)C(C)(C)C)c(C(=O)OCC(=O)N2CCN(c3cccc(Cl)c3)CC2)c1C. The fourth-order valence-electron chi connectivity index (χ4n) is 3.43. The lowest BCUT2D eigenvalue weighted by atomic mass is 9.96. The molecule has 1 saturated heterocycles. The van der Waals surface area contributed by atoms with Crippen molar-refractivity contribution in [3.63, 3.8) is 0 Å². The number of hydrogen-bond acceptors (Lipinski definition) is 6. The molecule has 0 bridgehead atoms. The molecule has 0 spiro atoms. The standard InChI is InChI=1S/C24H30ClN3O4S/c1-15-16(2)33-21(26-23(31)24(3,4)5)20(15)22(30)32-14-19(29)28-11-9-27(10-12-28)18-8-6-7-17(25)13-18/h6-8,13H,9-12,14H2,1-5H3,(H,26,31). The van der Waals surface area contributed by atoms with Crippen molar-refractivity contribution in [1.82, 2.24) is 4.90 Å². The second-order valence-corrected chi connectivity index (χ2v) is 10.8. The van der Waals surface area contributed by atoms with Crippen molar-refractivity contribution >= 4 is 51.4 Å². The molecule has 1 fully saturated rings. The third-order valence-corrected chi connectivity index (χ3v) is 6.99. The zero-order valence-corrected chi connectivity index (χ0v) is 21.2. The van der Waals surface area contributed by atoms with Gasteiger partial charge in [0.15, 0.2) is 6.61 Å². The summed E-state index contributed by atoms with van der Waals surface area (Å²) < 4.78 is 5.37. The molecule has 1 N–H and O–H groups in total. The molecule has 33 heavy (non-hydrogen) atoms. The van der Waals surface area contributed by atoms with Crippen LogP contribution in [0.5, 0.6) is 0 Å². The van der Waals surface area contributed by atoms with Gasteiger partial charge in [-0.25, -0.2) is 4.79 Å². The highest BCUT2D eigenvalue weighted by molar-refractivity contribution is 7.16. The molecule has 0 atom stereocenters. The van der Waals surface area contributed by atoms with Gasteiger partial charge in [-0.1, -0.05) is 38.4 Å². The van der Waals surface area contributed by atoms with Gasteiger partial charge in [-0.15, -0.1) is 11.3 Å². The van der Waals surface area contributed by atoms with Crippen molar-refractivity contribution in [2.75, 3.05) is 43.0 Å². The topological polar surface area (TPSA) is 78.9 Å². The summed E-state index contributed by atoms with van der Waals surface area (Å²) >= 11 is 7.41. The number of nitrogens with zero attached hydrogens (tertiary/aromatic N) is 2. The van der Waals surface area contributed by atoms with Crippen LogP contribution in [-0.4, -0.2) is 55.5 Å². The summed E-state index contributed by atoms with van der Waals surface area (Å²) in [7, 11) is 0. The van der Waals surface area contributed by atoms with Gasteiger partial charge in [-0.2, -0.15) is 0 Å². The van der Waals surface area contributed by atoms with E-state index in [0.717, 1.165) is 16.1 Å². The largest absolute Gasteiger partial charge is 0.452 e. The number of aryl methyl sites for hydroxylation is 1. The number of thiophene rings is 1. The molecule has 0 saturated carbocycles. The van der Waals surface area contributed by atoms with Crippen LogP contribution >= 0.6 is 22.9 Å². The van der Waals surface area contributed by atoms with Crippen molar-refractivity contribution in [3.8, 4) is 0 Å². The van der Waals surface area contributed by atoms with E-state index >= 15 is 0 Å². The number of piperazine rings is 1. The minimum Gasteiger partial charge on any atom is -0.452 e. The van der Waals surface area contributed by atoms with Gasteiger partial charge >= 0.3 is 5.97 Å². The second-order valence-electron chi connectivity index (χ2n) is 9.12. The smallest absolute Gasteiger partial charge is 0.341 e. The van der Waals surface area contributed by atoms with Gasteiger partial charge in [0.2, 0.25) is 5.91 Å². The molecule has 0 radical (unpaired) electrons. The Morgan fingerprint density at radius 3 is 2.39 bits per heavy atom. The number of carbonyl (C=O) groups is 3. The highest BCUT2D eigenvalue weighted by Crippen LogP contribution is 2.34. The molecule has 178 valence electrons. The number of benzene rings is 1. The van der Waals surface area contributed by atoms with Crippen molar-refractivity contribution < 1.29 is 19.1 Å². The first-order valence-electron chi connectivity index (χ1n) is 10.8. The lowest BCUT2D eigenvalue weighted by Gasteiger charge is -2.36. The highest BCUT2D eigenvalue weighted by Gasteiger charge is 2.28. The molecule has 1 aliphatic rings. The Hall–Kier alpha value is -2.58. The van der Waals surface area contributed by atoms with Crippen molar-refractivity contribution in [3.05, 3.63) is 45.3 Å². The molecule has 1 aliphatic heterocycles. The first kappa shape index (κ1) is 25.1. The van der Waals surface area contributed by atoms with Crippen LogP contribution in [0.25, 0.3) is 0 Å². The fraction of sp³-hybridized carbons (Fsp3) is 0.458. The van der Waals surface area contributed by atoms with Crippen LogP contribution in [0.2, 0.25) is 5.02 Å². The Balaban J connectivity index is 1.58. The number of carbonyl (C=O) groups excluding carboxylic acids is 3. The van der Waals surface area contributed by atoms with Gasteiger partial charge in [0, 0.05) is 47.2 Å². The van der Waals surface area contributed by atoms with E-state index in [1.807, 2.05) is 38.1 Å². The number of nitrogens with one attached hydrogen (secondary N) is 1. The summed E-state index contributed by atoms with van der Waals surface area (Å²) in [6, 6.07) is 7.63. The molecule has 3 rings (SSSR count). The number of esters is 1. The zero-order chi connectivity index (χ0) is 24.3. The van der Waals surface area contributed by atoms with Gasteiger partial charge < -0.3 is 19.9 Å². The van der Waals surface area contributed by atoms with E-state index in [0.29, 0.717) is 41.8 Å². The molecule has 0 unspecified atom stereocenters. The molecule has 2 heterocycles. The quantitative estimate of drug-likeness (QED) is 0.622. The third-order valence-electron chi connectivity index (χ3n) is 5.63. The average molecular weight is 492 g/mol. The number of rotatable bonds is 5. The number of ether oxygens (including phenoxy) is 1. The Morgan fingerprint density at radius 2 is 1.79 bits per heavy atom. The van der Waals surface area contributed by atoms with E-state index in [2.05, 4.69) is 10.2 Å². The van der Waals surface area contributed by atoms with Gasteiger partial charge in [0.1, 0.15) is 5.00 Å². The second kappa shape index (κ2) is 10.1. The summed E-state index contributed by atoms with van der Waals surface area (Å²) in [6.45, 7) is 11.2. The number of anilines is 2. The third kappa shape index (κ3) is 6.06. The molecule has 2 aromatic rings. The summed E-state index contributed by atoms with van der Waals surface area (Å²) in [5.74, 6) is -1.03. The number of hydrogen-bond donors (Lipinski definition) is 1. The molecule has 1 aromatic heterocycles. The van der Waals surface area contributed by atoms with Crippen LogP contribution in [0.3, 0.4) is 0 Å². The van der Waals surface area contributed by atoms with E-state index in [9.17, 15) is 14.4 Å². The van der Waals surface area contributed by atoms with E-state index in [1.165, 1.54) is 11.3 Å². The lowest BCUT2D eigenvalue weighted by Crippen LogP contribution is -2.49. The van der Waals surface area contributed by atoms with Crippen LogP contribution in [0.1, 0.15) is 41.6 Å². The first-order valence-corrected chi connectivity index (χ1v) is 12.0. The van der Waals surface area contributed by atoms with Crippen molar-refractivity contribution in [2.45, 2.75) is 34.6 Å². The minimum absolute atomic E-state index is 0.188. The molecule has 2 amide bonds. The van der Waals surface area contributed by atoms with Gasteiger partial charge in [0.05, 0.1) is 5.56 Å². The van der Waals surface area contributed by atoms with Crippen LogP contribution in [-0.2, 0) is 14.3 Å². The predicted octanol–water partition coefficient (Wildman–Crippen LogP) is 4.51. The van der Waals surface area contributed by atoms with E-state index in [1.54, 1.807) is 25.7 Å². The Morgan fingerprint density at radius 1 is 1.12 bits per heavy atom. The number of amides is 2. The van der Waals surface area contributed by atoms with E-state index in [-0.39, 0.29) is 18.4 Å². The summed E-state index contributed by atoms with van der Waals surface area (Å²) in [5.41, 5.74) is 1.48. The molecular weight excluding hydrogens is 462 g/mol. The zero-order valence-electron chi connectivity index (χ0n) is 19.7. The normalized spacial score (nSPS) is 14.2. The van der Waals surface area contributed by atoms with Crippen LogP contribution in [0.15, 0.2) is 24.3 Å². The molecule has 1 aromatic carbocycles. The van der Waals surface area contributed by atoms with E-state index in [4.69, 9.17) is 16.3 Å². The van der Waals surface area contributed by atoms with Gasteiger partial charge in [0.25, 0.3) is 5.91 Å². The van der Waals surface area contributed by atoms with E-state index < -0.39 is 11.4 Å². The Kier molecular flexibility index (Phi) is 7.69. The Bertz CT molecular complexity index is 1050. The van der Waals surface area contributed by atoms with Crippen molar-refractivity contribution in [1.29, 1.82) is 0 Å². The summed E-state index contributed by atoms with van der Waals surface area (Å²) in [5, 5.41) is 3.97. The monoisotopic (exact) mass is 491 g/mol. The minimum atomic E-state index is -0.605. The van der Waals surface area contributed by atoms with Crippen LogP contribution in [0, 0.1) is 19.3 Å². The molecule has 0 aliphatic carbocycles. The highest BCUT2D eigenvalue weighted by atomic mass is 35.5. The van der Waals surface area contributed by atoms with Crippen LogP contribution in [0.4, 0.5) is 10.7 Å². The number of halogens is 1. The summed E-state index contributed by atoms with van der Waals surface area (Å²) in [4.78, 5) is 42.7. The average Bonchev–Trinajstić information content (AvgIpc) is 3.04. The maximum atomic E-state index is 12.8.